The zero-order valence-electron chi connectivity index (χ0n) is 11.0. The predicted octanol–water partition coefficient (Wildman–Crippen LogP) is 1.21. The normalized spacial score (nSPS) is 11.5. The number of aryl methyl sites for hydroxylation is 1. The van der Waals surface area contributed by atoms with Gasteiger partial charge in [0.1, 0.15) is 5.82 Å². The van der Waals surface area contributed by atoms with E-state index >= 15 is 0 Å². The first-order valence-electron chi connectivity index (χ1n) is 5.68. The molecule has 1 heterocycles. The number of hydrogen-bond donors (Lipinski definition) is 2. The Balaban J connectivity index is 2.71. The maximum atomic E-state index is 11.8. The summed E-state index contributed by atoms with van der Waals surface area (Å²) in [6, 6.07) is 7.52. The zero-order valence-corrected chi connectivity index (χ0v) is 11.8. The molecule has 0 aliphatic carbocycles. The van der Waals surface area contributed by atoms with Gasteiger partial charge >= 0.3 is 0 Å². The van der Waals surface area contributed by atoms with Gasteiger partial charge in [-0.25, -0.2) is 13.1 Å². The fraction of sp³-hybridized carbons (Fsp3) is 0.250. The Morgan fingerprint density at radius 3 is 2.53 bits per heavy atom. The molecule has 6 nitrogen and oxygen atoms in total. The van der Waals surface area contributed by atoms with E-state index in [0.717, 1.165) is 17.5 Å². The lowest BCUT2D eigenvalue weighted by Gasteiger charge is -2.05. The fourth-order valence-electron chi connectivity index (χ4n) is 1.90. The van der Waals surface area contributed by atoms with E-state index in [9.17, 15) is 8.42 Å². The van der Waals surface area contributed by atoms with E-state index in [1.54, 1.807) is 7.05 Å². The molecule has 0 aliphatic heterocycles. The number of aromatic nitrogens is 2. The molecule has 19 heavy (non-hydrogen) atoms. The minimum Gasteiger partial charge on any atom is -0.382 e. The second-order valence-corrected chi connectivity index (χ2v) is 6.29. The first-order chi connectivity index (χ1) is 8.84. The van der Waals surface area contributed by atoms with Crippen molar-refractivity contribution in [1.82, 2.24) is 9.78 Å². The van der Waals surface area contributed by atoms with Crippen LogP contribution in [0.25, 0.3) is 5.69 Å². The molecule has 0 atom stereocenters. The van der Waals surface area contributed by atoms with Gasteiger partial charge < -0.3 is 11.1 Å². The quantitative estimate of drug-likeness (QED) is 0.882. The van der Waals surface area contributed by atoms with Crippen LogP contribution < -0.4 is 11.1 Å². The number of hydrogen-bond acceptors (Lipinski definition) is 5. The molecule has 0 bridgehead atoms. The van der Waals surface area contributed by atoms with Crippen molar-refractivity contribution >= 4 is 21.5 Å². The van der Waals surface area contributed by atoms with E-state index in [0.29, 0.717) is 0 Å². The molecule has 0 aliphatic rings. The van der Waals surface area contributed by atoms with Crippen LogP contribution in [0, 0.1) is 6.92 Å². The monoisotopic (exact) mass is 280 g/mol. The molecule has 0 fully saturated rings. The van der Waals surface area contributed by atoms with Crippen LogP contribution >= 0.6 is 0 Å². The van der Waals surface area contributed by atoms with Crippen LogP contribution in [-0.4, -0.2) is 31.5 Å². The van der Waals surface area contributed by atoms with Crippen molar-refractivity contribution in [2.75, 3.05) is 24.4 Å². The van der Waals surface area contributed by atoms with Crippen LogP contribution in [0.4, 0.5) is 11.6 Å². The minimum absolute atomic E-state index is 0.0245. The highest BCUT2D eigenvalue weighted by atomic mass is 32.2. The molecule has 0 amide bonds. The van der Waals surface area contributed by atoms with Crippen LogP contribution in [-0.2, 0) is 9.84 Å². The standard InChI is InChI=1S/C12H16N4O2S/c1-8-5-4-6-9(7-8)16-11(13)10(19(3,17)18)12(14-2)15-16/h4-7H,13H2,1-3H3,(H,14,15). The number of benzene rings is 1. The van der Waals surface area contributed by atoms with Crippen LogP contribution in [0.3, 0.4) is 0 Å². The Morgan fingerprint density at radius 1 is 1.37 bits per heavy atom. The molecule has 0 unspecified atom stereocenters. The van der Waals surface area contributed by atoms with Crippen LogP contribution in [0.15, 0.2) is 29.2 Å². The Hall–Kier alpha value is -2.02. The van der Waals surface area contributed by atoms with E-state index in [4.69, 9.17) is 5.73 Å². The molecule has 2 rings (SSSR count). The number of nitrogens with zero attached hydrogens (tertiary/aromatic N) is 2. The Kier molecular flexibility index (Phi) is 3.23. The fourth-order valence-corrected chi connectivity index (χ4v) is 2.86. The summed E-state index contributed by atoms with van der Waals surface area (Å²) in [5.41, 5.74) is 7.70. The minimum atomic E-state index is -3.44. The van der Waals surface area contributed by atoms with E-state index in [2.05, 4.69) is 10.4 Å². The molecular formula is C12H16N4O2S. The topological polar surface area (TPSA) is 90.0 Å². The van der Waals surface area contributed by atoms with Gasteiger partial charge in [-0.15, -0.1) is 5.10 Å². The first-order valence-corrected chi connectivity index (χ1v) is 7.57. The maximum Gasteiger partial charge on any atom is 0.182 e. The smallest absolute Gasteiger partial charge is 0.182 e. The number of anilines is 2. The largest absolute Gasteiger partial charge is 0.382 e. The van der Waals surface area contributed by atoms with Crippen molar-refractivity contribution in [2.45, 2.75) is 11.8 Å². The average molecular weight is 280 g/mol. The summed E-state index contributed by atoms with van der Waals surface area (Å²) in [4.78, 5) is 0.0245. The highest BCUT2D eigenvalue weighted by Crippen LogP contribution is 2.29. The van der Waals surface area contributed by atoms with Crippen molar-refractivity contribution in [1.29, 1.82) is 0 Å². The van der Waals surface area contributed by atoms with Crippen molar-refractivity contribution in [3.8, 4) is 5.69 Å². The second kappa shape index (κ2) is 4.58. The molecule has 0 saturated carbocycles. The second-order valence-electron chi connectivity index (χ2n) is 4.34. The molecule has 0 saturated heterocycles. The summed E-state index contributed by atoms with van der Waals surface area (Å²) in [6.45, 7) is 1.94. The van der Waals surface area contributed by atoms with Gasteiger partial charge in [-0.3, -0.25) is 0 Å². The zero-order chi connectivity index (χ0) is 14.2. The van der Waals surface area contributed by atoms with Crippen LogP contribution in [0.2, 0.25) is 0 Å². The summed E-state index contributed by atoms with van der Waals surface area (Å²) in [6.07, 6.45) is 1.11. The van der Waals surface area contributed by atoms with E-state index < -0.39 is 9.84 Å². The lowest BCUT2D eigenvalue weighted by molar-refractivity contribution is 0.602. The van der Waals surface area contributed by atoms with Crippen LogP contribution in [0.5, 0.6) is 0 Å². The van der Waals surface area contributed by atoms with E-state index in [-0.39, 0.29) is 16.5 Å². The van der Waals surface area contributed by atoms with Gasteiger partial charge in [0.25, 0.3) is 0 Å². The summed E-state index contributed by atoms with van der Waals surface area (Å²) in [7, 11) is -1.84. The summed E-state index contributed by atoms with van der Waals surface area (Å²) < 4.78 is 25.0. The van der Waals surface area contributed by atoms with Gasteiger partial charge in [0.05, 0.1) is 5.69 Å². The number of rotatable bonds is 3. The summed E-state index contributed by atoms with van der Waals surface area (Å²) >= 11 is 0. The third kappa shape index (κ3) is 2.41. The van der Waals surface area contributed by atoms with Gasteiger partial charge in [0.15, 0.2) is 20.6 Å². The van der Waals surface area contributed by atoms with Crippen molar-refractivity contribution < 1.29 is 8.42 Å². The molecule has 1 aromatic heterocycles. The molecule has 0 spiro atoms. The Morgan fingerprint density at radius 2 is 2.05 bits per heavy atom. The molecule has 7 heteroatoms. The lowest BCUT2D eigenvalue weighted by Crippen LogP contribution is -2.06. The summed E-state index contributed by atoms with van der Waals surface area (Å²) in [5, 5.41) is 6.96. The third-order valence-electron chi connectivity index (χ3n) is 2.73. The molecular weight excluding hydrogens is 264 g/mol. The van der Waals surface area contributed by atoms with E-state index in [1.807, 2.05) is 31.2 Å². The average Bonchev–Trinajstić information content (AvgIpc) is 2.66. The number of nitrogens with two attached hydrogens (primary N) is 1. The SMILES string of the molecule is CNc1nn(-c2cccc(C)c2)c(N)c1S(C)(=O)=O. The van der Waals surface area contributed by atoms with Gasteiger partial charge in [-0.05, 0) is 24.6 Å². The van der Waals surface area contributed by atoms with Crippen molar-refractivity contribution in [3.05, 3.63) is 29.8 Å². The molecule has 3 N–H and O–H groups in total. The highest BCUT2D eigenvalue weighted by Gasteiger charge is 2.24. The van der Waals surface area contributed by atoms with Gasteiger partial charge in [-0.1, -0.05) is 12.1 Å². The number of nitrogens with one attached hydrogen (secondary N) is 1. The Bertz CT molecular complexity index is 719. The van der Waals surface area contributed by atoms with E-state index in [1.165, 1.54) is 4.68 Å². The lowest BCUT2D eigenvalue weighted by atomic mass is 10.2. The Labute approximate surface area is 112 Å². The first kappa shape index (κ1) is 13.4. The number of nitrogen functional groups attached to an aromatic ring is 1. The predicted molar refractivity (Wildman–Crippen MR) is 75.4 cm³/mol. The maximum absolute atomic E-state index is 11.8. The van der Waals surface area contributed by atoms with Gasteiger partial charge in [-0.2, -0.15) is 0 Å². The summed E-state index contributed by atoms with van der Waals surface area (Å²) in [5.74, 6) is 0.360. The molecule has 102 valence electrons. The molecule has 0 radical (unpaired) electrons. The van der Waals surface area contributed by atoms with Crippen molar-refractivity contribution in [2.24, 2.45) is 0 Å². The highest BCUT2D eigenvalue weighted by molar-refractivity contribution is 7.91. The van der Waals surface area contributed by atoms with Gasteiger partial charge in [0.2, 0.25) is 0 Å². The third-order valence-corrected chi connectivity index (χ3v) is 3.87. The van der Waals surface area contributed by atoms with Gasteiger partial charge in [0, 0.05) is 13.3 Å². The molecule has 1 aromatic carbocycles. The number of sulfone groups is 1. The van der Waals surface area contributed by atoms with Crippen LogP contribution in [0.1, 0.15) is 5.56 Å². The van der Waals surface area contributed by atoms with Crippen molar-refractivity contribution in [3.63, 3.8) is 0 Å². The molecule has 2 aromatic rings.